The third kappa shape index (κ3) is 4.00. The van der Waals surface area contributed by atoms with Crippen molar-refractivity contribution in [1.82, 2.24) is 5.32 Å². The molecule has 0 saturated heterocycles. The van der Waals surface area contributed by atoms with Crippen molar-refractivity contribution in [3.8, 4) is 0 Å². The molecule has 2 rings (SSSR count). The van der Waals surface area contributed by atoms with Crippen molar-refractivity contribution in [3.63, 3.8) is 0 Å². The molecule has 4 heteroatoms. The van der Waals surface area contributed by atoms with Gasteiger partial charge in [0.05, 0.1) is 5.02 Å². The van der Waals surface area contributed by atoms with Gasteiger partial charge in [-0.05, 0) is 42.5 Å². The molecule has 0 radical (unpaired) electrons. The second-order valence-electron chi connectivity index (χ2n) is 4.77. The van der Waals surface area contributed by atoms with Crippen LogP contribution in [0.25, 0.3) is 0 Å². The minimum absolute atomic E-state index is 0.123. The lowest BCUT2D eigenvalue weighted by atomic mass is 9.98. The number of hydrogen-bond acceptors (Lipinski definition) is 2. The molecule has 0 heterocycles. The lowest BCUT2D eigenvalue weighted by Gasteiger charge is -2.21. The standard InChI is InChI=1S/C17H19ClFNS/c1-3-20-15(13-8-4-5-10-16(13)21-2)11-12-7-6-9-14(19)17(12)18/h4-10,15,20H,3,11H2,1-2H3. The predicted octanol–water partition coefficient (Wildman–Crippen LogP) is 5.09. The molecule has 112 valence electrons. The van der Waals surface area contributed by atoms with Crippen molar-refractivity contribution < 1.29 is 4.39 Å². The summed E-state index contributed by atoms with van der Waals surface area (Å²) in [4.78, 5) is 1.23. The molecular weight excluding hydrogens is 305 g/mol. The maximum Gasteiger partial charge on any atom is 0.142 e. The van der Waals surface area contributed by atoms with Gasteiger partial charge in [0.1, 0.15) is 5.82 Å². The van der Waals surface area contributed by atoms with Crippen LogP contribution in [0.5, 0.6) is 0 Å². The summed E-state index contributed by atoms with van der Waals surface area (Å²) >= 11 is 7.81. The van der Waals surface area contributed by atoms with Crippen molar-refractivity contribution in [2.24, 2.45) is 0 Å². The quantitative estimate of drug-likeness (QED) is 0.743. The molecule has 21 heavy (non-hydrogen) atoms. The first-order valence-electron chi connectivity index (χ1n) is 6.96. The third-order valence-corrected chi connectivity index (χ3v) is 4.66. The van der Waals surface area contributed by atoms with E-state index in [0.29, 0.717) is 6.42 Å². The first-order valence-corrected chi connectivity index (χ1v) is 8.56. The molecule has 0 spiro atoms. The van der Waals surface area contributed by atoms with E-state index in [0.717, 1.165) is 12.1 Å². The second-order valence-corrected chi connectivity index (χ2v) is 6.00. The number of likely N-dealkylation sites (N-methyl/N-ethyl adjacent to an activating group) is 1. The normalized spacial score (nSPS) is 12.4. The Bertz CT molecular complexity index is 603. The summed E-state index contributed by atoms with van der Waals surface area (Å²) < 4.78 is 13.6. The zero-order chi connectivity index (χ0) is 15.2. The fourth-order valence-electron chi connectivity index (χ4n) is 2.42. The third-order valence-electron chi connectivity index (χ3n) is 3.42. The molecule has 2 aromatic rings. The van der Waals surface area contributed by atoms with Crippen LogP contribution in [0.2, 0.25) is 5.02 Å². The van der Waals surface area contributed by atoms with E-state index in [2.05, 4.69) is 30.6 Å². The van der Waals surface area contributed by atoms with Crippen molar-refractivity contribution in [2.45, 2.75) is 24.3 Å². The Morgan fingerprint density at radius 1 is 1.19 bits per heavy atom. The van der Waals surface area contributed by atoms with E-state index in [-0.39, 0.29) is 16.9 Å². The first kappa shape index (κ1) is 16.3. The molecule has 0 aromatic heterocycles. The van der Waals surface area contributed by atoms with Crippen LogP contribution in [0.15, 0.2) is 47.4 Å². The average Bonchev–Trinajstić information content (AvgIpc) is 2.51. The van der Waals surface area contributed by atoms with Crippen molar-refractivity contribution in [2.75, 3.05) is 12.8 Å². The summed E-state index contributed by atoms with van der Waals surface area (Å²) in [6.45, 7) is 2.92. The molecule has 0 fully saturated rings. The minimum atomic E-state index is -0.359. The van der Waals surface area contributed by atoms with Gasteiger partial charge in [-0.2, -0.15) is 0 Å². The molecule has 1 N–H and O–H groups in total. The van der Waals surface area contributed by atoms with Crippen molar-refractivity contribution in [3.05, 3.63) is 64.4 Å². The summed E-state index contributed by atoms with van der Waals surface area (Å²) in [5.74, 6) is -0.359. The lowest BCUT2D eigenvalue weighted by Crippen LogP contribution is -2.23. The SMILES string of the molecule is CCNC(Cc1cccc(F)c1Cl)c1ccccc1SC. The number of thioether (sulfide) groups is 1. The van der Waals surface area contributed by atoms with Gasteiger partial charge < -0.3 is 5.32 Å². The van der Waals surface area contributed by atoms with Gasteiger partial charge in [0, 0.05) is 10.9 Å². The highest BCUT2D eigenvalue weighted by Crippen LogP contribution is 2.30. The van der Waals surface area contributed by atoms with Crippen LogP contribution in [0.4, 0.5) is 4.39 Å². The maximum absolute atomic E-state index is 13.6. The number of benzene rings is 2. The predicted molar refractivity (Wildman–Crippen MR) is 89.8 cm³/mol. The molecule has 0 amide bonds. The van der Waals surface area contributed by atoms with Crippen LogP contribution in [-0.2, 0) is 6.42 Å². The summed E-state index contributed by atoms with van der Waals surface area (Å²) in [6.07, 6.45) is 2.74. The molecule has 0 bridgehead atoms. The van der Waals surface area contributed by atoms with E-state index in [9.17, 15) is 4.39 Å². The zero-order valence-corrected chi connectivity index (χ0v) is 13.8. The van der Waals surface area contributed by atoms with Crippen molar-refractivity contribution in [1.29, 1.82) is 0 Å². The van der Waals surface area contributed by atoms with Crippen LogP contribution < -0.4 is 5.32 Å². The number of hydrogen-bond donors (Lipinski definition) is 1. The Labute approximate surface area is 134 Å². The molecule has 1 atom stereocenters. The number of nitrogens with one attached hydrogen (secondary N) is 1. The van der Waals surface area contributed by atoms with Gasteiger partial charge in [-0.1, -0.05) is 48.9 Å². The van der Waals surface area contributed by atoms with Crippen LogP contribution >= 0.6 is 23.4 Å². The van der Waals surface area contributed by atoms with Gasteiger partial charge in [-0.3, -0.25) is 0 Å². The Hall–Kier alpha value is -1.03. The Balaban J connectivity index is 2.33. The monoisotopic (exact) mass is 323 g/mol. The van der Waals surface area contributed by atoms with Crippen LogP contribution in [0.1, 0.15) is 24.1 Å². The number of rotatable bonds is 6. The van der Waals surface area contributed by atoms with Crippen LogP contribution in [-0.4, -0.2) is 12.8 Å². The minimum Gasteiger partial charge on any atom is -0.310 e. The Morgan fingerprint density at radius 3 is 2.67 bits per heavy atom. The fourth-order valence-corrected chi connectivity index (χ4v) is 3.28. The Morgan fingerprint density at radius 2 is 1.95 bits per heavy atom. The second kappa shape index (κ2) is 7.83. The largest absolute Gasteiger partial charge is 0.310 e. The smallest absolute Gasteiger partial charge is 0.142 e. The summed E-state index contributed by atoms with van der Waals surface area (Å²) in [7, 11) is 0. The van der Waals surface area contributed by atoms with Crippen molar-refractivity contribution >= 4 is 23.4 Å². The fraction of sp³-hybridized carbons (Fsp3) is 0.294. The topological polar surface area (TPSA) is 12.0 Å². The van der Waals surface area contributed by atoms with E-state index in [4.69, 9.17) is 11.6 Å². The summed E-state index contributed by atoms with van der Waals surface area (Å²) in [6, 6.07) is 13.4. The van der Waals surface area contributed by atoms with E-state index in [1.807, 2.05) is 18.2 Å². The van der Waals surface area contributed by atoms with Gasteiger partial charge in [0.15, 0.2) is 0 Å². The average molecular weight is 324 g/mol. The highest BCUT2D eigenvalue weighted by atomic mass is 35.5. The van der Waals surface area contributed by atoms with Crippen LogP contribution in [0, 0.1) is 5.82 Å². The molecule has 0 aliphatic heterocycles. The van der Waals surface area contributed by atoms with Gasteiger partial charge in [0.2, 0.25) is 0 Å². The first-order chi connectivity index (χ1) is 10.2. The van der Waals surface area contributed by atoms with Gasteiger partial charge in [-0.25, -0.2) is 4.39 Å². The summed E-state index contributed by atoms with van der Waals surface area (Å²) in [5.41, 5.74) is 2.06. The molecule has 1 unspecified atom stereocenters. The molecular formula is C17H19ClFNS. The highest BCUT2D eigenvalue weighted by molar-refractivity contribution is 7.98. The molecule has 1 nitrogen and oxygen atoms in total. The number of halogens is 2. The Kier molecular flexibility index (Phi) is 6.09. The molecule has 0 aliphatic carbocycles. The van der Waals surface area contributed by atoms with E-state index in [1.165, 1.54) is 16.5 Å². The zero-order valence-electron chi connectivity index (χ0n) is 12.2. The van der Waals surface area contributed by atoms with E-state index >= 15 is 0 Å². The highest BCUT2D eigenvalue weighted by Gasteiger charge is 2.17. The molecule has 0 aliphatic rings. The van der Waals surface area contributed by atoms with Crippen LogP contribution in [0.3, 0.4) is 0 Å². The summed E-state index contributed by atoms with van der Waals surface area (Å²) in [5, 5.41) is 3.70. The van der Waals surface area contributed by atoms with Gasteiger partial charge in [-0.15, -0.1) is 11.8 Å². The molecule has 0 saturated carbocycles. The van der Waals surface area contributed by atoms with E-state index in [1.54, 1.807) is 17.8 Å². The van der Waals surface area contributed by atoms with E-state index < -0.39 is 0 Å². The van der Waals surface area contributed by atoms with Gasteiger partial charge >= 0.3 is 0 Å². The molecule has 2 aromatic carbocycles. The maximum atomic E-state index is 13.6. The lowest BCUT2D eigenvalue weighted by molar-refractivity contribution is 0.540. The van der Waals surface area contributed by atoms with Gasteiger partial charge in [0.25, 0.3) is 0 Å².